The van der Waals surface area contributed by atoms with Gasteiger partial charge in [0.15, 0.2) is 5.65 Å². The largest absolute Gasteiger partial charge is 0.354 e. The molecule has 2 aromatic rings. The summed E-state index contributed by atoms with van der Waals surface area (Å²) in [6.07, 6.45) is 3.52. The average molecular weight is 400 g/mol. The summed E-state index contributed by atoms with van der Waals surface area (Å²) in [5, 5.41) is 7.84. The molecular formula is C22H33N5O2. The molecule has 1 saturated heterocycles. The van der Waals surface area contributed by atoms with Crippen LogP contribution < -0.4 is 5.32 Å². The minimum atomic E-state index is 0.0750. The van der Waals surface area contributed by atoms with Gasteiger partial charge in [-0.1, -0.05) is 13.8 Å². The van der Waals surface area contributed by atoms with Crippen LogP contribution in [-0.4, -0.2) is 50.4 Å². The zero-order valence-corrected chi connectivity index (χ0v) is 18.3. The van der Waals surface area contributed by atoms with Gasteiger partial charge in [-0.3, -0.25) is 9.59 Å². The Balaban J connectivity index is 1.77. The Morgan fingerprint density at radius 3 is 2.76 bits per heavy atom. The molecule has 0 saturated carbocycles. The summed E-state index contributed by atoms with van der Waals surface area (Å²) in [5.41, 5.74) is 4.91. The van der Waals surface area contributed by atoms with E-state index in [2.05, 4.69) is 12.2 Å². The lowest BCUT2D eigenvalue weighted by molar-refractivity contribution is -0.129. The lowest BCUT2D eigenvalue weighted by Gasteiger charge is -2.14. The van der Waals surface area contributed by atoms with Crippen molar-refractivity contribution in [2.75, 3.05) is 13.1 Å². The molecular weight excluding hydrogens is 366 g/mol. The normalized spacial score (nSPS) is 17.7. The van der Waals surface area contributed by atoms with Gasteiger partial charge in [0.05, 0.1) is 5.69 Å². The summed E-state index contributed by atoms with van der Waals surface area (Å²) >= 11 is 0. The molecule has 1 aliphatic rings. The Labute approximate surface area is 172 Å². The molecule has 7 nitrogen and oxygen atoms in total. The third kappa shape index (κ3) is 4.60. The fraction of sp³-hybridized carbons (Fsp3) is 0.636. The van der Waals surface area contributed by atoms with Crippen molar-refractivity contribution in [2.24, 2.45) is 0 Å². The van der Waals surface area contributed by atoms with Crippen LogP contribution in [0.3, 0.4) is 0 Å². The zero-order valence-electron chi connectivity index (χ0n) is 18.3. The molecule has 0 bridgehead atoms. The number of aromatic nitrogens is 3. The third-order valence-electron chi connectivity index (χ3n) is 6.07. The van der Waals surface area contributed by atoms with E-state index in [0.717, 1.165) is 54.2 Å². The van der Waals surface area contributed by atoms with Crippen molar-refractivity contribution in [1.29, 1.82) is 0 Å². The van der Waals surface area contributed by atoms with Crippen molar-refractivity contribution in [1.82, 2.24) is 24.8 Å². The Kier molecular flexibility index (Phi) is 6.55. The minimum absolute atomic E-state index is 0.0750. The Hall–Kier alpha value is -2.44. The number of carbonyl (C=O) groups excluding carboxylic acids is 2. The van der Waals surface area contributed by atoms with Crippen LogP contribution in [-0.2, 0) is 16.0 Å². The van der Waals surface area contributed by atoms with Crippen LogP contribution in [0, 0.1) is 13.8 Å². The van der Waals surface area contributed by atoms with Crippen molar-refractivity contribution in [3.05, 3.63) is 28.7 Å². The number of hydrogen-bond acceptors (Lipinski definition) is 4. The molecule has 0 unspecified atom stereocenters. The fourth-order valence-electron chi connectivity index (χ4n) is 4.05. The molecule has 3 heterocycles. The van der Waals surface area contributed by atoms with Crippen molar-refractivity contribution in [2.45, 2.75) is 78.7 Å². The smallest absolute Gasteiger partial charge is 0.222 e. The van der Waals surface area contributed by atoms with Gasteiger partial charge >= 0.3 is 0 Å². The summed E-state index contributed by atoms with van der Waals surface area (Å²) in [6.45, 7) is 11.6. The predicted octanol–water partition coefficient (Wildman–Crippen LogP) is 2.92. The lowest BCUT2D eigenvalue weighted by atomic mass is 10.1. The zero-order chi connectivity index (χ0) is 21.1. The highest BCUT2D eigenvalue weighted by molar-refractivity contribution is 5.76. The van der Waals surface area contributed by atoms with Crippen molar-refractivity contribution < 1.29 is 9.59 Å². The number of rotatable bonds is 7. The molecule has 0 spiro atoms. The van der Waals surface area contributed by atoms with E-state index in [-0.39, 0.29) is 23.8 Å². The first-order valence-corrected chi connectivity index (χ1v) is 10.8. The Morgan fingerprint density at radius 1 is 1.31 bits per heavy atom. The van der Waals surface area contributed by atoms with Gasteiger partial charge in [0.2, 0.25) is 11.8 Å². The molecule has 29 heavy (non-hydrogen) atoms. The van der Waals surface area contributed by atoms with Gasteiger partial charge in [0.1, 0.15) is 0 Å². The molecule has 2 amide bonds. The summed E-state index contributed by atoms with van der Waals surface area (Å²) in [7, 11) is 0. The van der Waals surface area contributed by atoms with Gasteiger partial charge in [0.25, 0.3) is 0 Å². The van der Waals surface area contributed by atoms with E-state index in [1.165, 1.54) is 0 Å². The molecule has 2 aromatic heterocycles. The van der Waals surface area contributed by atoms with E-state index in [1.54, 1.807) is 0 Å². The highest BCUT2D eigenvalue weighted by atomic mass is 16.2. The molecule has 1 N–H and O–H groups in total. The number of nitrogens with zero attached hydrogens (tertiary/aromatic N) is 4. The molecule has 158 valence electrons. The van der Waals surface area contributed by atoms with E-state index in [1.807, 2.05) is 43.2 Å². The van der Waals surface area contributed by atoms with E-state index < -0.39 is 0 Å². The molecule has 0 radical (unpaired) electrons. The first-order valence-electron chi connectivity index (χ1n) is 10.8. The molecule has 3 rings (SSSR count). The molecule has 0 aliphatic carbocycles. The molecule has 7 heteroatoms. The van der Waals surface area contributed by atoms with Crippen molar-refractivity contribution >= 4 is 17.5 Å². The predicted molar refractivity (Wildman–Crippen MR) is 113 cm³/mol. The molecule has 0 aromatic carbocycles. The topological polar surface area (TPSA) is 79.6 Å². The average Bonchev–Trinajstić information content (AvgIpc) is 3.34. The van der Waals surface area contributed by atoms with Gasteiger partial charge in [0, 0.05) is 55.3 Å². The van der Waals surface area contributed by atoms with Gasteiger partial charge < -0.3 is 10.2 Å². The summed E-state index contributed by atoms with van der Waals surface area (Å²) in [5.74, 6) is 0.544. The number of fused-ring (bicyclic) bond motifs is 1. The number of hydrogen-bond donors (Lipinski definition) is 1. The van der Waals surface area contributed by atoms with E-state index >= 15 is 0 Å². The first-order chi connectivity index (χ1) is 13.8. The molecule has 1 aliphatic heterocycles. The van der Waals surface area contributed by atoms with Crippen molar-refractivity contribution in [3.63, 3.8) is 0 Å². The number of aryl methyl sites for hydroxylation is 2. The summed E-state index contributed by atoms with van der Waals surface area (Å²) in [4.78, 5) is 30.8. The summed E-state index contributed by atoms with van der Waals surface area (Å²) in [6, 6.07) is 2.24. The van der Waals surface area contributed by atoms with Crippen LogP contribution in [0.1, 0.15) is 75.0 Å². The van der Waals surface area contributed by atoms with E-state index in [9.17, 15) is 9.59 Å². The number of nitrogens with one attached hydrogen (secondary N) is 1. The van der Waals surface area contributed by atoms with Gasteiger partial charge in [-0.2, -0.15) is 5.10 Å². The van der Waals surface area contributed by atoms with Crippen LogP contribution in [0.15, 0.2) is 6.07 Å². The lowest BCUT2D eigenvalue weighted by Crippen LogP contribution is -2.32. The van der Waals surface area contributed by atoms with Crippen LogP contribution in [0.4, 0.5) is 0 Å². The Morgan fingerprint density at radius 2 is 2.07 bits per heavy atom. The maximum atomic E-state index is 12.2. The van der Waals surface area contributed by atoms with Crippen LogP contribution in [0.2, 0.25) is 0 Å². The van der Waals surface area contributed by atoms with Gasteiger partial charge in [-0.25, -0.2) is 9.50 Å². The maximum absolute atomic E-state index is 12.2. The van der Waals surface area contributed by atoms with Crippen molar-refractivity contribution in [3.8, 4) is 0 Å². The Bertz CT molecular complexity index is 904. The number of likely N-dealkylation sites (tertiary alicyclic amines) is 1. The third-order valence-corrected chi connectivity index (χ3v) is 6.07. The molecule has 1 fully saturated rings. The highest BCUT2D eigenvalue weighted by Gasteiger charge is 2.28. The second-order valence-electron chi connectivity index (χ2n) is 8.16. The number of amides is 2. The SMILES string of the molecule is CCC(=O)N1CC[C@H](c2cc3nc(C)c(CCC(=O)N[C@H](C)CC)c(C)n3n2)C1. The van der Waals surface area contributed by atoms with E-state index in [0.29, 0.717) is 19.3 Å². The number of carbonyl (C=O) groups is 2. The maximum Gasteiger partial charge on any atom is 0.222 e. The van der Waals surface area contributed by atoms with Gasteiger partial charge in [-0.05, 0) is 45.6 Å². The minimum Gasteiger partial charge on any atom is -0.354 e. The second kappa shape index (κ2) is 8.93. The standard InChI is InChI=1S/C22H33N5O2/c1-6-14(3)23-21(28)9-8-18-15(4)24-20-12-19(25-27(20)16(18)5)17-10-11-26(13-17)22(29)7-2/h12,14,17H,6-11,13H2,1-5H3,(H,23,28)/t14-,17+/m1/s1. The summed E-state index contributed by atoms with van der Waals surface area (Å²) < 4.78 is 1.90. The van der Waals surface area contributed by atoms with Crippen LogP contribution in [0.25, 0.3) is 5.65 Å². The fourth-order valence-corrected chi connectivity index (χ4v) is 4.05. The van der Waals surface area contributed by atoms with Crippen LogP contribution >= 0.6 is 0 Å². The van der Waals surface area contributed by atoms with E-state index in [4.69, 9.17) is 10.1 Å². The quantitative estimate of drug-likeness (QED) is 0.776. The first kappa shape index (κ1) is 21.3. The van der Waals surface area contributed by atoms with Crippen LogP contribution in [0.5, 0.6) is 0 Å². The highest BCUT2D eigenvalue weighted by Crippen LogP contribution is 2.28. The molecule has 2 atom stereocenters. The second-order valence-corrected chi connectivity index (χ2v) is 8.16. The monoisotopic (exact) mass is 399 g/mol. The van der Waals surface area contributed by atoms with Gasteiger partial charge in [-0.15, -0.1) is 0 Å².